The van der Waals surface area contributed by atoms with Crippen molar-refractivity contribution in [3.8, 4) is 6.07 Å². The Morgan fingerprint density at radius 1 is 1.23 bits per heavy atom. The second-order valence-electron chi connectivity index (χ2n) is 7.05. The number of benzene rings is 2. The first-order valence-corrected chi connectivity index (χ1v) is 9.50. The first-order chi connectivity index (χ1) is 14.4. The van der Waals surface area contributed by atoms with Crippen molar-refractivity contribution in [2.75, 3.05) is 36.5 Å². The van der Waals surface area contributed by atoms with Gasteiger partial charge < -0.3 is 15.0 Å². The number of nitriles is 1. The maximum atomic E-state index is 12.6. The van der Waals surface area contributed by atoms with Gasteiger partial charge in [-0.05, 0) is 48.7 Å². The zero-order chi connectivity index (χ0) is 21.7. The minimum atomic E-state index is -0.564. The lowest BCUT2D eigenvalue weighted by Gasteiger charge is -2.28. The standard InChI is InChI=1S/C22H22N4O4/c1-15-3-4-16(2)19(11-15)24-22(27)18(14-23)12-17-5-6-20(21(13-17)26(28)29)25-7-9-30-10-8-25/h3-6,11-13H,7-10H2,1-2H3,(H,24,27). The molecular formula is C22H22N4O4. The van der Waals surface area contributed by atoms with Gasteiger partial charge in [-0.25, -0.2) is 0 Å². The molecule has 0 aliphatic carbocycles. The van der Waals surface area contributed by atoms with Crippen LogP contribution in [0.1, 0.15) is 16.7 Å². The highest BCUT2D eigenvalue weighted by Gasteiger charge is 2.22. The number of nitro benzene ring substituents is 1. The fourth-order valence-electron chi connectivity index (χ4n) is 3.22. The van der Waals surface area contributed by atoms with E-state index in [1.165, 1.54) is 12.1 Å². The molecule has 0 saturated carbocycles. The predicted octanol–water partition coefficient (Wildman–Crippen LogP) is 3.59. The van der Waals surface area contributed by atoms with E-state index in [1.807, 2.05) is 43.0 Å². The zero-order valence-corrected chi connectivity index (χ0v) is 16.8. The normalized spacial score (nSPS) is 14.2. The number of anilines is 2. The van der Waals surface area contributed by atoms with Gasteiger partial charge in [0.05, 0.1) is 18.1 Å². The molecule has 0 spiro atoms. The Bertz CT molecular complexity index is 1050. The maximum Gasteiger partial charge on any atom is 0.293 e. The summed E-state index contributed by atoms with van der Waals surface area (Å²) in [4.78, 5) is 25.6. The number of rotatable bonds is 5. The SMILES string of the molecule is Cc1ccc(C)c(NC(=O)C(C#N)=Cc2ccc(N3CCOCC3)c([N+](=O)[O-])c2)c1. The molecule has 0 aromatic heterocycles. The molecule has 1 aliphatic heterocycles. The average Bonchev–Trinajstić information content (AvgIpc) is 2.75. The van der Waals surface area contributed by atoms with Gasteiger partial charge in [0.25, 0.3) is 11.6 Å². The molecule has 0 unspecified atom stereocenters. The minimum Gasteiger partial charge on any atom is -0.378 e. The van der Waals surface area contributed by atoms with Crippen LogP contribution in [-0.4, -0.2) is 37.1 Å². The lowest BCUT2D eigenvalue weighted by atomic mass is 10.1. The number of morpholine rings is 1. The molecular weight excluding hydrogens is 384 g/mol. The lowest BCUT2D eigenvalue weighted by molar-refractivity contribution is -0.384. The van der Waals surface area contributed by atoms with Crippen molar-refractivity contribution in [1.82, 2.24) is 0 Å². The molecule has 3 rings (SSSR count). The Hall–Kier alpha value is -3.70. The molecule has 1 heterocycles. The quantitative estimate of drug-likeness (QED) is 0.352. The second-order valence-corrected chi connectivity index (χ2v) is 7.05. The van der Waals surface area contributed by atoms with Crippen LogP contribution in [0.15, 0.2) is 42.0 Å². The highest BCUT2D eigenvalue weighted by molar-refractivity contribution is 6.10. The Balaban J connectivity index is 1.88. The van der Waals surface area contributed by atoms with E-state index in [-0.39, 0.29) is 11.3 Å². The van der Waals surface area contributed by atoms with Crippen LogP contribution in [0, 0.1) is 35.3 Å². The zero-order valence-electron chi connectivity index (χ0n) is 16.8. The lowest BCUT2D eigenvalue weighted by Crippen LogP contribution is -2.36. The number of aryl methyl sites for hydroxylation is 2. The van der Waals surface area contributed by atoms with Crippen LogP contribution < -0.4 is 10.2 Å². The highest BCUT2D eigenvalue weighted by Crippen LogP contribution is 2.30. The summed E-state index contributed by atoms with van der Waals surface area (Å²) in [5.74, 6) is -0.564. The second kappa shape index (κ2) is 9.20. The van der Waals surface area contributed by atoms with Crippen LogP contribution in [0.3, 0.4) is 0 Å². The van der Waals surface area contributed by atoms with Crippen LogP contribution in [0.5, 0.6) is 0 Å². The summed E-state index contributed by atoms with van der Waals surface area (Å²) in [6, 6.07) is 12.2. The molecule has 1 aliphatic rings. The maximum absolute atomic E-state index is 12.6. The average molecular weight is 406 g/mol. The van der Waals surface area contributed by atoms with Crippen molar-refractivity contribution >= 4 is 29.0 Å². The summed E-state index contributed by atoms with van der Waals surface area (Å²) in [6.45, 7) is 5.92. The molecule has 0 atom stereocenters. The highest BCUT2D eigenvalue weighted by atomic mass is 16.6. The van der Waals surface area contributed by atoms with Gasteiger partial charge in [0, 0.05) is 24.8 Å². The number of nitrogens with one attached hydrogen (secondary N) is 1. The molecule has 8 heteroatoms. The Morgan fingerprint density at radius 3 is 2.63 bits per heavy atom. The number of amides is 1. The summed E-state index contributed by atoms with van der Waals surface area (Å²) < 4.78 is 5.30. The fourth-order valence-corrected chi connectivity index (χ4v) is 3.22. The number of ether oxygens (including phenoxy) is 1. The molecule has 2 aromatic rings. The van der Waals surface area contributed by atoms with E-state index < -0.39 is 10.8 Å². The number of hydrogen-bond donors (Lipinski definition) is 1. The van der Waals surface area contributed by atoms with Crippen LogP contribution >= 0.6 is 0 Å². The van der Waals surface area contributed by atoms with Gasteiger partial charge in [0.15, 0.2) is 0 Å². The van der Waals surface area contributed by atoms with Gasteiger partial charge in [-0.1, -0.05) is 18.2 Å². The fraction of sp³-hybridized carbons (Fsp3) is 0.273. The van der Waals surface area contributed by atoms with Crippen LogP contribution in [0.25, 0.3) is 6.08 Å². The van der Waals surface area contributed by atoms with Crippen LogP contribution in [0.2, 0.25) is 0 Å². The topological polar surface area (TPSA) is 108 Å². The minimum absolute atomic E-state index is 0.0714. The van der Waals surface area contributed by atoms with Gasteiger partial charge in [0.1, 0.15) is 17.3 Å². The molecule has 30 heavy (non-hydrogen) atoms. The molecule has 8 nitrogen and oxygen atoms in total. The van der Waals surface area contributed by atoms with Gasteiger partial charge in [-0.15, -0.1) is 0 Å². The Labute approximate surface area is 174 Å². The number of carbonyl (C=O) groups is 1. The smallest absolute Gasteiger partial charge is 0.293 e. The number of nitrogens with zero attached hydrogens (tertiary/aromatic N) is 3. The van der Waals surface area contributed by atoms with Crippen molar-refractivity contribution in [3.05, 3.63) is 68.8 Å². The largest absolute Gasteiger partial charge is 0.378 e. The predicted molar refractivity (Wildman–Crippen MR) is 114 cm³/mol. The van der Waals surface area contributed by atoms with Crippen molar-refractivity contribution in [2.24, 2.45) is 0 Å². The summed E-state index contributed by atoms with van der Waals surface area (Å²) >= 11 is 0. The van der Waals surface area contributed by atoms with Gasteiger partial charge in [-0.3, -0.25) is 14.9 Å². The summed E-state index contributed by atoms with van der Waals surface area (Å²) in [5, 5.41) is 23.8. The monoisotopic (exact) mass is 406 g/mol. The molecule has 1 saturated heterocycles. The summed E-state index contributed by atoms with van der Waals surface area (Å²) in [5.41, 5.74) is 3.17. The number of nitro groups is 1. The Morgan fingerprint density at radius 2 is 1.97 bits per heavy atom. The van der Waals surface area contributed by atoms with Gasteiger partial charge in [0.2, 0.25) is 0 Å². The third kappa shape index (κ3) is 4.82. The van der Waals surface area contributed by atoms with Crippen molar-refractivity contribution < 1.29 is 14.5 Å². The summed E-state index contributed by atoms with van der Waals surface area (Å²) in [6.07, 6.45) is 1.36. The first kappa shape index (κ1) is 21.0. The molecule has 0 bridgehead atoms. The van der Waals surface area contributed by atoms with E-state index in [0.29, 0.717) is 43.2 Å². The molecule has 1 N–H and O–H groups in total. The third-order valence-corrected chi connectivity index (χ3v) is 4.87. The Kier molecular flexibility index (Phi) is 6.45. The van der Waals surface area contributed by atoms with Crippen molar-refractivity contribution in [3.63, 3.8) is 0 Å². The van der Waals surface area contributed by atoms with E-state index in [1.54, 1.807) is 12.1 Å². The molecule has 1 amide bonds. The van der Waals surface area contributed by atoms with E-state index >= 15 is 0 Å². The van der Waals surface area contributed by atoms with Crippen LogP contribution in [0.4, 0.5) is 17.1 Å². The molecule has 154 valence electrons. The molecule has 1 fully saturated rings. The first-order valence-electron chi connectivity index (χ1n) is 9.50. The van der Waals surface area contributed by atoms with E-state index in [9.17, 15) is 20.2 Å². The molecule has 0 radical (unpaired) electrons. The van der Waals surface area contributed by atoms with Gasteiger partial charge >= 0.3 is 0 Å². The van der Waals surface area contributed by atoms with E-state index in [2.05, 4.69) is 5.32 Å². The number of carbonyl (C=O) groups excluding carboxylic acids is 1. The van der Waals surface area contributed by atoms with E-state index in [4.69, 9.17) is 4.74 Å². The third-order valence-electron chi connectivity index (χ3n) is 4.87. The van der Waals surface area contributed by atoms with Crippen molar-refractivity contribution in [1.29, 1.82) is 5.26 Å². The van der Waals surface area contributed by atoms with Crippen LogP contribution in [-0.2, 0) is 9.53 Å². The van der Waals surface area contributed by atoms with E-state index in [0.717, 1.165) is 11.1 Å². The van der Waals surface area contributed by atoms with Crippen molar-refractivity contribution in [2.45, 2.75) is 13.8 Å². The van der Waals surface area contributed by atoms with Gasteiger partial charge in [-0.2, -0.15) is 5.26 Å². The molecule has 2 aromatic carbocycles. The summed E-state index contributed by atoms with van der Waals surface area (Å²) in [7, 11) is 0. The number of hydrogen-bond acceptors (Lipinski definition) is 6.